The quantitative estimate of drug-likeness (QED) is 0.254. The molecule has 0 spiro atoms. The van der Waals surface area contributed by atoms with Gasteiger partial charge in [-0.2, -0.15) is 0 Å². The van der Waals surface area contributed by atoms with Crippen molar-refractivity contribution in [1.82, 2.24) is 14.9 Å². The lowest BCUT2D eigenvalue weighted by molar-refractivity contribution is 0.0939. The molecule has 0 aliphatic rings. The minimum atomic E-state index is -0.328. The number of rotatable bonds is 7. The summed E-state index contributed by atoms with van der Waals surface area (Å²) in [6, 6.07) is 20.8. The van der Waals surface area contributed by atoms with Crippen LogP contribution in [0.5, 0.6) is 0 Å². The zero-order chi connectivity index (χ0) is 24.9. The number of fused-ring (bicyclic) bond motifs is 1. The van der Waals surface area contributed by atoms with E-state index in [1.54, 1.807) is 54.6 Å². The monoisotopic (exact) mass is 484 g/mol. The minimum Gasteiger partial charge on any atom is -0.346 e. The Morgan fingerprint density at radius 2 is 1.80 bits per heavy atom. The van der Waals surface area contributed by atoms with Gasteiger partial charge in [-0.15, -0.1) is 6.58 Å². The molecule has 2 amide bonds. The Balaban J connectivity index is 1.51. The molecule has 176 valence electrons. The molecule has 1 atom stereocenters. The third-order valence-corrected chi connectivity index (χ3v) is 5.91. The van der Waals surface area contributed by atoms with Gasteiger partial charge in [0, 0.05) is 23.4 Å². The van der Waals surface area contributed by atoms with Crippen LogP contribution in [-0.4, -0.2) is 21.4 Å². The first-order valence-electron chi connectivity index (χ1n) is 11.0. The lowest BCUT2D eigenvalue weighted by Crippen LogP contribution is -2.27. The second kappa shape index (κ2) is 10.3. The zero-order valence-corrected chi connectivity index (χ0v) is 19.9. The summed E-state index contributed by atoms with van der Waals surface area (Å²) in [6.07, 6.45) is 1.60. The van der Waals surface area contributed by atoms with Crippen molar-refractivity contribution >= 4 is 40.6 Å². The van der Waals surface area contributed by atoms with E-state index in [9.17, 15) is 14.4 Å². The molecule has 0 saturated carbocycles. The fourth-order valence-corrected chi connectivity index (χ4v) is 4.00. The van der Waals surface area contributed by atoms with Gasteiger partial charge in [-0.3, -0.25) is 19.0 Å². The van der Waals surface area contributed by atoms with Gasteiger partial charge >= 0.3 is 0 Å². The van der Waals surface area contributed by atoms with Gasteiger partial charge < -0.3 is 15.6 Å². The summed E-state index contributed by atoms with van der Waals surface area (Å²) in [4.78, 5) is 41.1. The Morgan fingerprint density at radius 1 is 1.03 bits per heavy atom. The van der Waals surface area contributed by atoms with Gasteiger partial charge in [-0.05, 0) is 67.2 Å². The number of H-pyrrole nitrogens is 1. The maximum atomic E-state index is 12.9. The number of amides is 2. The van der Waals surface area contributed by atoms with Crippen LogP contribution in [0.3, 0.4) is 0 Å². The van der Waals surface area contributed by atoms with Gasteiger partial charge in [0.2, 0.25) is 0 Å². The van der Waals surface area contributed by atoms with Crippen molar-refractivity contribution < 1.29 is 9.59 Å². The molecule has 0 saturated heterocycles. The predicted octanol–water partition coefficient (Wildman–Crippen LogP) is 4.99. The molecular weight excluding hydrogens is 460 g/mol. The molecule has 7 nitrogen and oxygen atoms in total. The first kappa shape index (κ1) is 23.8. The predicted molar refractivity (Wildman–Crippen MR) is 140 cm³/mol. The summed E-state index contributed by atoms with van der Waals surface area (Å²) in [5.74, 6) is -0.507. The molecule has 0 aliphatic heterocycles. The van der Waals surface area contributed by atoms with E-state index >= 15 is 0 Å². The van der Waals surface area contributed by atoms with Crippen LogP contribution in [-0.2, 0) is 6.54 Å². The lowest BCUT2D eigenvalue weighted by Gasteiger charge is -2.16. The van der Waals surface area contributed by atoms with E-state index in [0.29, 0.717) is 34.3 Å². The molecule has 4 aromatic rings. The average molecular weight is 485 g/mol. The van der Waals surface area contributed by atoms with Crippen molar-refractivity contribution in [3.63, 3.8) is 0 Å². The van der Waals surface area contributed by atoms with E-state index in [2.05, 4.69) is 22.2 Å². The van der Waals surface area contributed by atoms with Gasteiger partial charge in [0.25, 0.3) is 17.4 Å². The molecule has 0 fully saturated rings. The number of carbonyl (C=O) groups is 2. The number of nitrogens with zero attached hydrogens (tertiary/aromatic N) is 1. The summed E-state index contributed by atoms with van der Waals surface area (Å²) < 4.78 is 1.68. The Kier molecular flexibility index (Phi) is 7.03. The molecule has 8 heteroatoms. The molecular formula is C27H24N4O3S. The van der Waals surface area contributed by atoms with Gasteiger partial charge in [0.05, 0.1) is 16.9 Å². The zero-order valence-electron chi connectivity index (χ0n) is 19.1. The van der Waals surface area contributed by atoms with Gasteiger partial charge in [-0.25, -0.2) is 0 Å². The molecule has 1 aromatic heterocycles. The SMILES string of the molecule is C=CCn1c(=S)[nH]c2cc(C(=O)NC(C)c3cccc(NC(=O)c4ccccc4)c3)ccc2c1=O. The maximum Gasteiger partial charge on any atom is 0.262 e. The number of nitrogens with one attached hydrogen (secondary N) is 3. The summed E-state index contributed by atoms with van der Waals surface area (Å²) >= 11 is 5.28. The standard InChI is InChI=1S/C27H24N4O3S/c1-3-14-31-26(34)22-13-12-20(16-23(22)30-27(31)35)25(33)28-17(2)19-10-7-11-21(15-19)29-24(32)18-8-5-4-6-9-18/h3-13,15-17H,1,14H2,2H3,(H,28,33)(H,29,32)(H,30,35). The summed E-state index contributed by atoms with van der Waals surface area (Å²) in [6.45, 7) is 5.81. The number of hydrogen-bond acceptors (Lipinski definition) is 4. The minimum absolute atomic E-state index is 0.208. The third-order valence-electron chi connectivity index (χ3n) is 5.58. The first-order chi connectivity index (χ1) is 16.9. The van der Waals surface area contributed by atoms with Crippen LogP contribution in [0.15, 0.2) is 90.2 Å². The van der Waals surface area contributed by atoms with Crippen molar-refractivity contribution in [2.75, 3.05) is 5.32 Å². The summed E-state index contributed by atoms with van der Waals surface area (Å²) in [7, 11) is 0. The largest absolute Gasteiger partial charge is 0.346 e. The topological polar surface area (TPSA) is 96.0 Å². The molecule has 0 radical (unpaired) electrons. The van der Waals surface area contributed by atoms with Crippen molar-refractivity contribution in [3.05, 3.63) is 117 Å². The van der Waals surface area contributed by atoms with Crippen LogP contribution in [0.2, 0.25) is 0 Å². The van der Waals surface area contributed by atoms with Crippen LogP contribution >= 0.6 is 12.2 Å². The van der Waals surface area contributed by atoms with Crippen LogP contribution in [0.1, 0.15) is 39.2 Å². The van der Waals surface area contributed by atoms with Crippen LogP contribution < -0.4 is 16.2 Å². The van der Waals surface area contributed by atoms with E-state index in [-0.39, 0.29) is 28.2 Å². The van der Waals surface area contributed by atoms with Crippen LogP contribution in [0, 0.1) is 4.77 Å². The highest BCUT2D eigenvalue weighted by Gasteiger charge is 2.14. The van der Waals surface area contributed by atoms with Crippen LogP contribution in [0.25, 0.3) is 10.9 Å². The maximum absolute atomic E-state index is 12.9. The number of aromatic amines is 1. The Labute approximate surface area is 207 Å². The second-order valence-electron chi connectivity index (χ2n) is 8.04. The third kappa shape index (κ3) is 5.28. The van der Waals surface area contributed by atoms with Gasteiger partial charge in [-0.1, -0.05) is 36.4 Å². The Hall–Kier alpha value is -4.30. The van der Waals surface area contributed by atoms with Crippen LogP contribution in [0.4, 0.5) is 5.69 Å². The molecule has 3 N–H and O–H groups in total. The number of carbonyl (C=O) groups excluding carboxylic acids is 2. The molecule has 0 bridgehead atoms. The first-order valence-corrected chi connectivity index (χ1v) is 11.4. The number of hydrogen-bond donors (Lipinski definition) is 3. The Morgan fingerprint density at radius 3 is 2.54 bits per heavy atom. The Bertz CT molecular complexity index is 1540. The molecule has 1 heterocycles. The van der Waals surface area contributed by atoms with Gasteiger partial charge in [0.1, 0.15) is 0 Å². The van der Waals surface area contributed by atoms with E-state index in [1.165, 1.54) is 4.57 Å². The van der Waals surface area contributed by atoms with Gasteiger partial charge in [0.15, 0.2) is 4.77 Å². The van der Waals surface area contributed by atoms with Crippen molar-refractivity contribution in [2.45, 2.75) is 19.5 Å². The average Bonchev–Trinajstić information content (AvgIpc) is 2.86. The number of allylic oxidation sites excluding steroid dienone is 1. The van der Waals surface area contributed by atoms with Crippen molar-refractivity contribution in [3.8, 4) is 0 Å². The molecule has 1 unspecified atom stereocenters. The van der Waals surface area contributed by atoms with E-state index in [1.807, 2.05) is 31.2 Å². The van der Waals surface area contributed by atoms with Crippen molar-refractivity contribution in [2.24, 2.45) is 0 Å². The number of benzene rings is 3. The normalized spacial score (nSPS) is 11.6. The molecule has 0 aliphatic carbocycles. The van der Waals surface area contributed by atoms with E-state index in [0.717, 1.165) is 5.56 Å². The molecule has 4 rings (SSSR count). The number of anilines is 1. The summed E-state index contributed by atoms with van der Waals surface area (Å²) in [5, 5.41) is 6.28. The fraction of sp³-hybridized carbons (Fsp3) is 0.111. The molecule has 3 aromatic carbocycles. The molecule has 35 heavy (non-hydrogen) atoms. The van der Waals surface area contributed by atoms with E-state index < -0.39 is 0 Å². The fourth-order valence-electron chi connectivity index (χ4n) is 3.73. The highest BCUT2D eigenvalue weighted by molar-refractivity contribution is 7.71. The summed E-state index contributed by atoms with van der Waals surface area (Å²) in [5.41, 5.74) is 2.67. The highest BCUT2D eigenvalue weighted by Crippen LogP contribution is 2.19. The van der Waals surface area contributed by atoms with E-state index in [4.69, 9.17) is 12.2 Å². The number of aromatic nitrogens is 2. The smallest absolute Gasteiger partial charge is 0.262 e. The second-order valence-corrected chi connectivity index (χ2v) is 8.42. The lowest BCUT2D eigenvalue weighted by atomic mass is 10.1. The van der Waals surface area contributed by atoms with Crippen molar-refractivity contribution in [1.29, 1.82) is 0 Å². The highest BCUT2D eigenvalue weighted by atomic mass is 32.1.